The van der Waals surface area contributed by atoms with Crippen molar-refractivity contribution < 1.29 is 18.3 Å². The van der Waals surface area contributed by atoms with Crippen LogP contribution in [0, 0.1) is 0 Å². The molecule has 0 amide bonds. The number of sulfonamides is 1. The molecule has 0 bridgehead atoms. The van der Waals surface area contributed by atoms with E-state index in [1.807, 2.05) is 0 Å². The molecular weight excluding hydrogens is 206 g/mol. The summed E-state index contributed by atoms with van der Waals surface area (Å²) in [6.07, 6.45) is 0.735. The van der Waals surface area contributed by atoms with Gasteiger partial charge in [-0.3, -0.25) is 0 Å². The van der Waals surface area contributed by atoms with Gasteiger partial charge >= 0.3 is 0 Å². The number of methoxy groups -OCH3 is 1. The number of aliphatic hydroxyl groups excluding tert-OH is 1. The van der Waals surface area contributed by atoms with Crippen LogP contribution in [0.15, 0.2) is 0 Å². The second-order valence-corrected chi connectivity index (χ2v) is 5.95. The molecule has 0 aromatic heterocycles. The molecule has 0 heterocycles. The number of likely N-dealkylation sites (N-methyl/N-ethyl adjacent to an activating group) is 1. The van der Waals surface area contributed by atoms with E-state index in [1.165, 1.54) is 18.5 Å². The van der Waals surface area contributed by atoms with Crippen LogP contribution in [-0.2, 0) is 14.8 Å². The van der Waals surface area contributed by atoms with Gasteiger partial charge in [-0.15, -0.1) is 0 Å². The maximum atomic E-state index is 11.6. The van der Waals surface area contributed by atoms with Crippen LogP contribution in [0.2, 0.25) is 0 Å². The number of ether oxygens (including phenoxy) is 1. The van der Waals surface area contributed by atoms with Gasteiger partial charge in [0.2, 0.25) is 10.0 Å². The Balaban J connectivity index is 2.44. The number of rotatable bonds is 6. The Morgan fingerprint density at radius 3 is 2.57 bits per heavy atom. The van der Waals surface area contributed by atoms with E-state index in [-0.39, 0.29) is 18.4 Å². The third-order valence-corrected chi connectivity index (χ3v) is 4.54. The second-order valence-electron chi connectivity index (χ2n) is 3.63. The molecule has 1 aliphatic rings. The molecule has 5 nitrogen and oxygen atoms in total. The number of hydrogen-bond donors (Lipinski definition) is 1. The van der Waals surface area contributed by atoms with Crippen molar-refractivity contribution in [2.24, 2.45) is 0 Å². The lowest BCUT2D eigenvalue weighted by molar-refractivity contribution is 0.0554. The minimum absolute atomic E-state index is 0.104. The predicted molar refractivity (Wildman–Crippen MR) is 52.5 cm³/mol. The average Bonchev–Trinajstić information content (AvgIpc) is 2.86. The van der Waals surface area contributed by atoms with E-state index in [2.05, 4.69) is 0 Å². The molecule has 1 atom stereocenters. The van der Waals surface area contributed by atoms with Crippen LogP contribution in [-0.4, -0.2) is 56.5 Å². The van der Waals surface area contributed by atoms with Crippen LogP contribution in [0.3, 0.4) is 0 Å². The largest absolute Gasteiger partial charge is 0.389 e. The zero-order valence-electron chi connectivity index (χ0n) is 8.51. The van der Waals surface area contributed by atoms with Gasteiger partial charge in [-0.2, -0.15) is 0 Å². The van der Waals surface area contributed by atoms with Gasteiger partial charge in [0, 0.05) is 20.7 Å². The van der Waals surface area contributed by atoms with E-state index >= 15 is 0 Å². The predicted octanol–water partition coefficient (Wildman–Crippen LogP) is -0.582. The highest BCUT2D eigenvalue weighted by molar-refractivity contribution is 7.90. The summed E-state index contributed by atoms with van der Waals surface area (Å²) >= 11 is 0. The van der Waals surface area contributed by atoms with Gasteiger partial charge in [0.1, 0.15) is 0 Å². The molecule has 84 valence electrons. The van der Waals surface area contributed by atoms with Crippen LogP contribution >= 0.6 is 0 Å². The van der Waals surface area contributed by atoms with Gasteiger partial charge < -0.3 is 9.84 Å². The van der Waals surface area contributed by atoms with E-state index in [0.29, 0.717) is 0 Å². The molecule has 6 heteroatoms. The summed E-state index contributed by atoms with van der Waals surface area (Å²) in [4.78, 5) is 0. The zero-order valence-corrected chi connectivity index (χ0v) is 9.33. The highest BCUT2D eigenvalue weighted by Crippen LogP contribution is 2.30. The van der Waals surface area contributed by atoms with E-state index in [4.69, 9.17) is 4.74 Å². The van der Waals surface area contributed by atoms with Crippen LogP contribution in [0.1, 0.15) is 12.8 Å². The normalized spacial score (nSPS) is 20.0. The minimum Gasteiger partial charge on any atom is -0.389 e. The lowest BCUT2D eigenvalue weighted by Gasteiger charge is -2.19. The Morgan fingerprint density at radius 2 is 2.14 bits per heavy atom. The topological polar surface area (TPSA) is 66.8 Å². The zero-order chi connectivity index (χ0) is 10.8. The molecule has 1 saturated carbocycles. The van der Waals surface area contributed by atoms with Crippen molar-refractivity contribution in [3.05, 3.63) is 0 Å². The van der Waals surface area contributed by atoms with E-state index in [9.17, 15) is 13.5 Å². The van der Waals surface area contributed by atoms with Gasteiger partial charge in [-0.1, -0.05) is 0 Å². The molecule has 0 radical (unpaired) electrons. The average molecular weight is 223 g/mol. The molecule has 1 rings (SSSR count). The molecule has 1 unspecified atom stereocenters. The monoisotopic (exact) mass is 223 g/mol. The summed E-state index contributed by atoms with van der Waals surface area (Å²) < 4.78 is 29.2. The molecule has 1 N–H and O–H groups in total. The van der Waals surface area contributed by atoms with Gasteiger partial charge in [-0.25, -0.2) is 12.7 Å². The fraction of sp³-hybridized carbons (Fsp3) is 1.00. The molecule has 1 aliphatic carbocycles. The van der Waals surface area contributed by atoms with Gasteiger partial charge in [-0.05, 0) is 12.8 Å². The van der Waals surface area contributed by atoms with Crippen LogP contribution < -0.4 is 0 Å². The Morgan fingerprint density at radius 1 is 1.57 bits per heavy atom. The lowest BCUT2D eigenvalue weighted by atomic mass is 10.4. The maximum absolute atomic E-state index is 11.6. The molecular formula is C8H17NO4S. The summed E-state index contributed by atoms with van der Waals surface area (Å²) in [6, 6.07) is 0. The van der Waals surface area contributed by atoms with Crippen molar-refractivity contribution in [1.29, 1.82) is 0 Å². The molecule has 0 saturated heterocycles. The molecule has 0 spiro atoms. The summed E-state index contributed by atoms with van der Waals surface area (Å²) in [6.45, 7) is 0.261. The number of aliphatic hydroxyl groups is 1. The first-order valence-corrected chi connectivity index (χ1v) is 6.11. The molecule has 14 heavy (non-hydrogen) atoms. The van der Waals surface area contributed by atoms with Crippen LogP contribution in [0.5, 0.6) is 0 Å². The van der Waals surface area contributed by atoms with Gasteiger partial charge in [0.25, 0.3) is 0 Å². The fourth-order valence-corrected chi connectivity index (χ4v) is 2.89. The van der Waals surface area contributed by atoms with Gasteiger partial charge in [0.05, 0.1) is 18.0 Å². The first kappa shape index (κ1) is 11.9. The van der Waals surface area contributed by atoms with Gasteiger partial charge in [0.15, 0.2) is 0 Å². The number of hydrogen-bond acceptors (Lipinski definition) is 4. The molecule has 0 aliphatic heterocycles. The Kier molecular flexibility index (Phi) is 3.88. The first-order valence-electron chi connectivity index (χ1n) is 4.60. The minimum atomic E-state index is -3.16. The third kappa shape index (κ3) is 2.91. The Hall–Kier alpha value is -0.170. The summed E-state index contributed by atoms with van der Waals surface area (Å²) in [7, 11) is -0.198. The first-order chi connectivity index (χ1) is 6.48. The number of nitrogens with zero attached hydrogens (tertiary/aromatic N) is 1. The van der Waals surface area contributed by atoms with E-state index in [1.54, 1.807) is 0 Å². The molecule has 0 aromatic carbocycles. The van der Waals surface area contributed by atoms with Crippen LogP contribution in [0.25, 0.3) is 0 Å². The van der Waals surface area contributed by atoms with Crippen molar-refractivity contribution >= 4 is 10.0 Å². The van der Waals surface area contributed by atoms with Crippen molar-refractivity contribution in [3.8, 4) is 0 Å². The van der Waals surface area contributed by atoms with Crippen molar-refractivity contribution in [3.63, 3.8) is 0 Å². The van der Waals surface area contributed by atoms with Crippen LogP contribution in [0.4, 0.5) is 0 Å². The standard InChI is InChI=1S/C8H17NO4S/c1-9(5-7(10)6-13-2)14(11,12)8-3-4-8/h7-8,10H,3-6H2,1-2H3. The molecule has 0 aromatic rings. The second kappa shape index (κ2) is 4.57. The lowest BCUT2D eigenvalue weighted by Crippen LogP contribution is -2.37. The Bertz CT molecular complexity index is 273. The van der Waals surface area contributed by atoms with E-state index in [0.717, 1.165) is 12.8 Å². The summed E-state index contributed by atoms with van der Waals surface area (Å²) in [5.41, 5.74) is 0. The highest BCUT2D eigenvalue weighted by atomic mass is 32.2. The van der Waals surface area contributed by atoms with Crippen molar-refractivity contribution in [2.45, 2.75) is 24.2 Å². The quantitative estimate of drug-likeness (QED) is 0.654. The summed E-state index contributed by atoms with van der Waals surface area (Å²) in [5, 5.41) is 9.13. The third-order valence-electron chi connectivity index (χ3n) is 2.21. The summed E-state index contributed by atoms with van der Waals surface area (Å²) in [5.74, 6) is 0. The maximum Gasteiger partial charge on any atom is 0.216 e. The van der Waals surface area contributed by atoms with Crippen molar-refractivity contribution in [2.75, 3.05) is 27.3 Å². The van der Waals surface area contributed by atoms with E-state index < -0.39 is 16.1 Å². The molecule has 1 fully saturated rings. The SMILES string of the molecule is COCC(O)CN(C)S(=O)(=O)C1CC1. The smallest absolute Gasteiger partial charge is 0.216 e. The highest BCUT2D eigenvalue weighted by Gasteiger charge is 2.38. The Labute approximate surface area is 84.7 Å². The van der Waals surface area contributed by atoms with Crippen molar-refractivity contribution in [1.82, 2.24) is 4.31 Å². The fourth-order valence-electron chi connectivity index (χ4n) is 1.27.